The van der Waals surface area contributed by atoms with Crippen LogP contribution in [-0.2, 0) is 6.42 Å². The lowest BCUT2D eigenvalue weighted by Gasteiger charge is -1.97. The number of nitrogens with one attached hydrogen (secondary N) is 3. The van der Waals surface area contributed by atoms with Crippen LogP contribution >= 0.6 is 0 Å². The monoisotopic (exact) mass is 524 g/mol. The van der Waals surface area contributed by atoms with Crippen LogP contribution in [0.3, 0.4) is 0 Å². The molecule has 0 fully saturated rings. The van der Waals surface area contributed by atoms with Crippen molar-refractivity contribution in [3.05, 3.63) is 96.4 Å². The van der Waals surface area contributed by atoms with E-state index in [1.54, 1.807) is 6.08 Å². The number of nitrogens with zero attached hydrogens (tertiary/aromatic N) is 5. The molecular formula is C30H20N8O2. The average Bonchev–Trinajstić information content (AvgIpc) is 3.76. The summed E-state index contributed by atoms with van der Waals surface area (Å²) in [5, 5.41) is 3.55. The SMILES string of the molecule is C=Cc1cccc2oc3nc(Cc4ncn/c(=N\c5nc6oc7cccc(C=C)c7c6[nH]5)c5c[nH]cc45)[nH]c3c12. The predicted octanol–water partition coefficient (Wildman–Crippen LogP) is 6.31. The first kappa shape index (κ1) is 22.2. The fourth-order valence-electron chi connectivity index (χ4n) is 5.29. The number of rotatable bonds is 5. The molecule has 6 heterocycles. The third kappa shape index (κ3) is 3.26. The highest BCUT2D eigenvalue weighted by Gasteiger charge is 2.17. The van der Waals surface area contributed by atoms with Gasteiger partial charge >= 0.3 is 0 Å². The molecule has 2 aromatic carbocycles. The van der Waals surface area contributed by atoms with Gasteiger partial charge in [0, 0.05) is 29.6 Å². The molecule has 0 unspecified atom stereocenters. The first-order valence-electron chi connectivity index (χ1n) is 12.6. The maximum Gasteiger partial charge on any atom is 0.247 e. The summed E-state index contributed by atoms with van der Waals surface area (Å²) in [6, 6.07) is 11.7. The smallest absolute Gasteiger partial charge is 0.247 e. The molecule has 0 aliphatic carbocycles. The Labute approximate surface area is 224 Å². The van der Waals surface area contributed by atoms with E-state index in [9.17, 15) is 0 Å². The molecule has 0 aliphatic heterocycles. The summed E-state index contributed by atoms with van der Waals surface area (Å²) >= 11 is 0. The Morgan fingerprint density at radius 3 is 2.20 bits per heavy atom. The zero-order chi connectivity index (χ0) is 26.8. The van der Waals surface area contributed by atoms with Gasteiger partial charge in [0.15, 0.2) is 5.49 Å². The van der Waals surface area contributed by atoms with E-state index in [0.29, 0.717) is 29.3 Å². The van der Waals surface area contributed by atoms with Crippen LogP contribution in [0.5, 0.6) is 0 Å². The number of aromatic amines is 3. The Balaban J connectivity index is 1.22. The average molecular weight is 525 g/mol. The largest absolute Gasteiger partial charge is 0.436 e. The van der Waals surface area contributed by atoms with E-state index in [1.165, 1.54) is 6.33 Å². The van der Waals surface area contributed by atoms with Crippen molar-refractivity contribution in [2.24, 2.45) is 4.99 Å². The maximum atomic E-state index is 5.98. The molecule has 0 spiro atoms. The van der Waals surface area contributed by atoms with Gasteiger partial charge in [-0.25, -0.2) is 9.97 Å². The third-order valence-electron chi connectivity index (χ3n) is 7.09. The van der Waals surface area contributed by atoms with Crippen LogP contribution in [0, 0.1) is 0 Å². The highest BCUT2D eigenvalue weighted by molar-refractivity contribution is 6.07. The van der Waals surface area contributed by atoms with Gasteiger partial charge in [-0.3, -0.25) is 0 Å². The van der Waals surface area contributed by atoms with Crippen LogP contribution in [0.2, 0.25) is 0 Å². The fraction of sp³-hybridized carbons (Fsp3) is 0.0333. The predicted molar refractivity (Wildman–Crippen MR) is 154 cm³/mol. The minimum Gasteiger partial charge on any atom is -0.436 e. The topological polar surface area (TPSA) is 138 Å². The van der Waals surface area contributed by atoms with Gasteiger partial charge in [-0.05, 0) is 23.3 Å². The number of hydrogen-bond acceptors (Lipinski definition) is 7. The van der Waals surface area contributed by atoms with Crippen molar-refractivity contribution in [1.29, 1.82) is 0 Å². The molecule has 10 heteroatoms. The lowest BCUT2D eigenvalue weighted by molar-refractivity contribution is 0.654. The maximum absolute atomic E-state index is 5.98. The van der Waals surface area contributed by atoms with Crippen molar-refractivity contribution in [3.63, 3.8) is 0 Å². The number of benzene rings is 2. The molecule has 0 atom stereocenters. The lowest BCUT2D eigenvalue weighted by Crippen LogP contribution is -2.03. The van der Waals surface area contributed by atoms with Crippen molar-refractivity contribution in [3.8, 4) is 0 Å². The van der Waals surface area contributed by atoms with Crippen molar-refractivity contribution in [1.82, 2.24) is 34.9 Å². The summed E-state index contributed by atoms with van der Waals surface area (Å²) in [4.78, 5) is 33.0. The van der Waals surface area contributed by atoms with Gasteiger partial charge in [0.2, 0.25) is 17.4 Å². The number of H-pyrrole nitrogens is 3. The van der Waals surface area contributed by atoms with E-state index in [1.807, 2.05) is 54.9 Å². The molecular weight excluding hydrogens is 504 g/mol. The lowest BCUT2D eigenvalue weighted by atomic mass is 10.1. The molecule has 0 amide bonds. The molecule has 0 bridgehead atoms. The second kappa shape index (κ2) is 8.37. The van der Waals surface area contributed by atoms with Crippen LogP contribution in [0.1, 0.15) is 22.6 Å². The fourth-order valence-corrected chi connectivity index (χ4v) is 5.29. The first-order chi connectivity index (χ1) is 19.7. The quantitative estimate of drug-likeness (QED) is 0.241. The number of furan rings is 2. The minimum absolute atomic E-state index is 0.383. The van der Waals surface area contributed by atoms with Crippen LogP contribution in [-0.4, -0.2) is 34.9 Å². The molecule has 40 heavy (non-hydrogen) atoms. The molecule has 8 aromatic rings. The first-order valence-corrected chi connectivity index (χ1v) is 12.6. The van der Waals surface area contributed by atoms with E-state index in [4.69, 9.17) is 18.8 Å². The highest BCUT2D eigenvalue weighted by atomic mass is 16.3. The number of imidazole rings is 2. The van der Waals surface area contributed by atoms with Gasteiger partial charge in [0.1, 0.15) is 34.4 Å². The van der Waals surface area contributed by atoms with Crippen LogP contribution < -0.4 is 5.49 Å². The summed E-state index contributed by atoms with van der Waals surface area (Å²) in [7, 11) is 0. The Hall–Kier alpha value is -5.77. The Kier molecular flexibility index (Phi) is 4.65. The van der Waals surface area contributed by atoms with Gasteiger partial charge in [0.25, 0.3) is 0 Å². The summed E-state index contributed by atoms with van der Waals surface area (Å²) < 4.78 is 11.9. The summed E-state index contributed by atoms with van der Waals surface area (Å²) in [5.74, 6) is 1.11. The van der Waals surface area contributed by atoms with E-state index >= 15 is 0 Å². The summed E-state index contributed by atoms with van der Waals surface area (Å²) in [6.07, 6.45) is 9.28. The molecule has 192 valence electrons. The van der Waals surface area contributed by atoms with Crippen LogP contribution in [0.15, 0.2) is 82.1 Å². The molecule has 8 rings (SSSR count). The molecule has 3 N–H and O–H groups in total. The second-order valence-electron chi connectivity index (χ2n) is 9.37. The summed E-state index contributed by atoms with van der Waals surface area (Å²) in [5.41, 5.74) is 7.33. The zero-order valence-corrected chi connectivity index (χ0v) is 21.0. The van der Waals surface area contributed by atoms with Crippen molar-refractivity contribution < 1.29 is 8.83 Å². The Morgan fingerprint density at radius 1 is 0.800 bits per heavy atom. The van der Waals surface area contributed by atoms with Gasteiger partial charge in [-0.2, -0.15) is 15.0 Å². The normalized spacial score (nSPS) is 12.4. The Bertz CT molecular complexity index is 2360. The van der Waals surface area contributed by atoms with Gasteiger partial charge in [-0.15, -0.1) is 0 Å². The molecule has 10 nitrogen and oxygen atoms in total. The van der Waals surface area contributed by atoms with Crippen molar-refractivity contribution >= 4 is 73.3 Å². The van der Waals surface area contributed by atoms with Crippen LogP contribution in [0.4, 0.5) is 5.95 Å². The highest BCUT2D eigenvalue weighted by Crippen LogP contribution is 2.32. The molecule has 0 saturated carbocycles. The van der Waals surface area contributed by atoms with Crippen molar-refractivity contribution in [2.45, 2.75) is 6.42 Å². The van der Waals surface area contributed by atoms with Gasteiger partial charge in [-0.1, -0.05) is 49.6 Å². The number of fused-ring (bicyclic) bond motifs is 7. The number of hydrogen-bond donors (Lipinski definition) is 3. The third-order valence-corrected chi connectivity index (χ3v) is 7.09. The van der Waals surface area contributed by atoms with E-state index in [2.05, 4.69) is 43.1 Å². The second-order valence-corrected chi connectivity index (χ2v) is 9.37. The molecule has 0 saturated heterocycles. The van der Waals surface area contributed by atoms with E-state index < -0.39 is 0 Å². The molecule has 0 aliphatic rings. The number of aromatic nitrogens is 7. The van der Waals surface area contributed by atoms with Crippen LogP contribution in [0.25, 0.3) is 67.3 Å². The van der Waals surface area contributed by atoms with Crippen molar-refractivity contribution in [2.75, 3.05) is 0 Å². The minimum atomic E-state index is 0.383. The van der Waals surface area contributed by atoms with Gasteiger partial charge in [0.05, 0.1) is 16.5 Å². The zero-order valence-electron chi connectivity index (χ0n) is 21.0. The molecule has 6 aromatic heterocycles. The molecule has 0 radical (unpaired) electrons. The van der Waals surface area contributed by atoms with E-state index in [0.717, 1.165) is 66.4 Å². The summed E-state index contributed by atoms with van der Waals surface area (Å²) in [6.45, 7) is 7.83. The van der Waals surface area contributed by atoms with Gasteiger partial charge < -0.3 is 23.8 Å². The standard InChI is InChI=1S/C30H20N8O2/c1-3-15-7-5-9-20-23(15)25-28(39-20)35-22(34-25)11-19-17-12-31-13-18(17)27(33-14-32-19)37-30-36-26-24-16(4-2)8-6-10-21(24)40-29(26)38-30/h3-10,12-14,31H,1-2,11H2,(H,34,35)(H,36,38)/b37-27-. The Morgan fingerprint density at radius 2 is 1.48 bits per heavy atom. The van der Waals surface area contributed by atoms with E-state index in [-0.39, 0.29) is 0 Å².